The Morgan fingerprint density at radius 3 is 0.955 bits per heavy atom. The third kappa shape index (κ3) is 99.0. The molecule has 0 fully saturated rings. The summed E-state index contributed by atoms with van der Waals surface area (Å²) in [5.41, 5.74) is 0. The Morgan fingerprint density at radius 2 is 0.909 bits per heavy atom. The summed E-state index contributed by atoms with van der Waals surface area (Å²) in [5, 5.41) is 0. The third-order valence-electron chi connectivity index (χ3n) is 1.98. The van der Waals surface area contributed by atoms with Crippen molar-refractivity contribution in [3.05, 3.63) is 0 Å². The molecule has 0 rings (SSSR count). The van der Waals surface area contributed by atoms with Gasteiger partial charge in [-0.15, -0.1) is 0 Å². The van der Waals surface area contributed by atoms with Crippen LogP contribution in [0, 0.1) is 0 Å². The van der Waals surface area contributed by atoms with Crippen molar-refractivity contribution in [2.45, 2.75) is 93.9 Å². The van der Waals surface area contributed by atoms with Gasteiger partial charge in [0.15, 0.2) is 0 Å². The van der Waals surface area contributed by atoms with E-state index in [1.165, 1.54) is 13.8 Å². The number of carbonyl (C=O) groups excluding carboxylic acids is 4. The van der Waals surface area contributed by atoms with Crippen molar-refractivity contribution in [2.75, 3.05) is 0 Å². The van der Waals surface area contributed by atoms with Gasteiger partial charge in [0.25, 0.3) is 0 Å². The Balaban J connectivity index is -0.000000100. The summed E-state index contributed by atoms with van der Waals surface area (Å²) in [6.07, 6.45) is 5.32. The summed E-state index contributed by atoms with van der Waals surface area (Å²) in [5.74, 6) is 1.02. The predicted octanol–water partition coefficient (Wildman–Crippen LogP) is 4.72. The largest absolute Gasteiger partial charge is 0.300 e. The second-order valence-corrected chi connectivity index (χ2v) is 5.22. The van der Waals surface area contributed by atoms with Gasteiger partial charge in [-0.25, -0.2) is 0 Å². The molecule has 132 valence electrons. The highest BCUT2D eigenvalue weighted by molar-refractivity contribution is 5.75. The first-order valence-electron chi connectivity index (χ1n) is 8.00. The highest BCUT2D eigenvalue weighted by Gasteiger charge is 1.87. The van der Waals surface area contributed by atoms with Gasteiger partial charge < -0.3 is 19.2 Å². The van der Waals surface area contributed by atoms with E-state index in [4.69, 9.17) is 0 Å². The Bertz CT molecular complexity index is 289. The predicted molar refractivity (Wildman–Crippen MR) is 93.1 cm³/mol. The van der Waals surface area contributed by atoms with Crippen LogP contribution in [-0.4, -0.2) is 23.1 Å². The first-order valence-corrected chi connectivity index (χ1v) is 8.00. The van der Waals surface area contributed by atoms with Crippen LogP contribution in [0.2, 0.25) is 0 Å². The van der Waals surface area contributed by atoms with Gasteiger partial charge in [0.1, 0.15) is 23.1 Å². The lowest BCUT2D eigenvalue weighted by atomic mass is 10.2. The molecule has 0 aromatic heterocycles. The maximum absolute atomic E-state index is 10.2. The minimum absolute atomic E-state index is 0.167. The van der Waals surface area contributed by atoms with E-state index < -0.39 is 0 Å². The molecule has 0 spiro atoms. The van der Waals surface area contributed by atoms with Gasteiger partial charge in [0.05, 0.1) is 0 Å². The SMILES string of the molecule is CC(C)=O.CCC(C)=O.CCCC(C)=O.CCCCC(C)=O. The fourth-order valence-corrected chi connectivity index (χ4v) is 0.778. The van der Waals surface area contributed by atoms with E-state index >= 15 is 0 Å². The second kappa shape index (κ2) is 24.7. The molecule has 0 atom stereocenters. The van der Waals surface area contributed by atoms with Gasteiger partial charge in [-0.05, 0) is 47.5 Å². The number of hydrogen-bond acceptors (Lipinski definition) is 4. The van der Waals surface area contributed by atoms with Crippen LogP contribution in [0.15, 0.2) is 0 Å². The van der Waals surface area contributed by atoms with E-state index in [0.717, 1.165) is 32.1 Å². The normalized spacial score (nSPS) is 8.00. The summed E-state index contributed by atoms with van der Waals surface area (Å²) in [4.78, 5) is 39.5. The van der Waals surface area contributed by atoms with Gasteiger partial charge in [0, 0.05) is 19.3 Å². The van der Waals surface area contributed by atoms with E-state index in [-0.39, 0.29) is 17.3 Å². The van der Waals surface area contributed by atoms with Crippen molar-refractivity contribution in [3.8, 4) is 0 Å². The van der Waals surface area contributed by atoms with Gasteiger partial charge >= 0.3 is 0 Å². The highest BCUT2D eigenvalue weighted by Crippen LogP contribution is 1.92. The van der Waals surface area contributed by atoms with Crippen LogP contribution in [-0.2, 0) is 19.2 Å². The molecule has 0 unspecified atom stereocenters. The summed E-state index contributed by atoms with van der Waals surface area (Å²) in [6.45, 7) is 13.8. The van der Waals surface area contributed by atoms with Crippen molar-refractivity contribution < 1.29 is 19.2 Å². The maximum Gasteiger partial charge on any atom is 0.129 e. The number of hydrogen-bond donors (Lipinski definition) is 0. The monoisotopic (exact) mass is 316 g/mol. The topological polar surface area (TPSA) is 68.3 Å². The van der Waals surface area contributed by atoms with Crippen molar-refractivity contribution >= 4 is 23.1 Å². The third-order valence-corrected chi connectivity index (χ3v) is 1.98. The fraction of sp³-hybridized carbons (Fsp3) is 0.778. The van der Waals surface area contributed by atoms with E-state index in [0.29, 0.717) is 12.2 Å². The molecule has 0 radical (unpaired) electrons. The van der Waals surface area contributed by atoms with Crippen LogP contribution >= 0.6 is 0 Å². The zero-order valence-electron chi connectivity index (χ0n) is 15.9. The Kier molecular flexibility index (Phi) is 32.3. The standard InChI is InChI=1S/C6H12O.C5H10O.C4H8O.C3H6O/c1-3-4-5-6(2)7;1-3-4-5(2)6;1-3-4(2)5;1-3(2)4/h3-5H2,1-2H3;3-4H2,1-2H3;3H2,1-2H3;1-2H3. The molecule has 0 amide bonds. The molecule has 22 heavy (non-hydrogen) atoms. The van der Waals surface area contributed by atoms with Gasteiger partial charge in [-0.2, -0.15) is 0 Å². The zero-order chi connectivity index (χ0) is 18.6. The molecular formula is C18H36O4. The number of carbonyl (C=O) groups is 4. The molecule has 0 saturated heterocycles. The Morgan fingerprint density at radius 1 is 0.591 bits per heavy atom. The van der Waals surface area contributed by atoms with Gasteiger partial charge in [-0.3, -0.25) is 0 Å². The first kappa shape index (κ1) is 28.8. The van der Waals surface area contributed by atoms with Crippen LogP contribution in [0.4, 0.5) is 0 Å². The van der Waals surface area contributed by atoms with Crippen molar-refractivity contribution in [3.63, 3.8) is 0 Å². The summed E-state index contributed by atoms with van der Waals surface area (Å²) < 4.78 is 0. The van der Waals surface area contributed by atoms with Crippen LogP contribution in [0.5, 0.6) is 0 Å². The van der Waals surface area contributed by atoms with Gasteiger partial charge in [0.2, 0.25) is 0 Å². The summed E-state index contributed by atoms with van der Waals surface area (Å²) in [7, 11) is 0. The minimum atomic E-state index is 0.167. The average Bonchev–Trinajstić information content (AvgIpc) is 2.36. The number of Topliss-reactive ketones (excluding diaryl/α,β-unsaturated/α-hetero) is 4. The Hall–Kier alpha value is -1.32. The molecule has 0 aliphatic heterocycles. The molecule has 0 bridgehead atoms. The molecule has 4 heteroatoms. The zero-order valence-corrected chi connectivity index (χ0v) is 15.9. The maximum atomic E-state index is 10.2. The van der Waals surface area contributed by atoms with Crippen molar-refractivity contribution in [2.24, 2.45) is 0 Å². The first-order chi connectivity index (χ1) is 10.0. The molecule has 0 aromatic carbocycles. The Labute approximate surface area is 137 Å². The molecule has 0 heterocycles. The molecular weight excluding hydrogens is 280 g/mol. The van der Waals surface area contributed by atoms with Crippen LogP contribution in [0.3, 0.4) is 0 Å². The average molecular weight is 316 g/mol. The molecule has 0 aliphatic carbocycles. The lowest BCUT2D eigenvalue weighted by Gasteiger charge is -1.86. The smallest absolute Gasteiger partial charge is 0.129 e. The number of rotatable bonds is 6. The van der Waals surface area contributed by atoms with Crippen LogP contribution < -0.4 is 0 Å². The van der Waals surface area contributed by atoms with Crippen LogP contribution in [0.25, 0.3) is 0 Å². The molecule has 0 saturated carbocycles. The second-order valence-electron chi connectivity index (χ2n) is 5.22. The van der Waals surface area contributed by atoms with E-state index in [2.05, 4.69) is 6.92 Å². The van der Waals surface area contributed by atoms with E-state index in [1.54, 1.807) is 20.8 Å². The van der Waals surface area contributed by atoms with Crippen molar-refractivity contribution in [1.82, 2.24) is 0 Å². The van der Waals surface area contributed by atoms with E-state index in [9.17, 15) is 19.2 Å². The molecule has 0 aromatic rings. The van der Waals surface area contributed by atoms with E-state index in [1.807, 2.05) is 13.8 Å². The highest BCUT2D eigenvalue weighted by atomic mass is 16.1. The number of ketones is 4. The molecule has 0 aliphatic rings. The minimum Gasteiger partial charge on any atom is -0.300 e. The lowest BCUT2D eigenvalue weighted by Crippen LogP contribution is -1.86. The van der Waals surface area contributed by atoms with Crippen molar-refractivity contribution in [1.29, 1.82) is 0 Å². The van der Waals surface area contributed by atoms with Crippen LogP contribution in [0.1, 0.15) is 93.9 Å². The van der Waals surface area contributed by atoms with Gasteiger partial charge in [-0.1, -0.05) is 27.2 Å². The number of unbranched alkanes of at least 4 members (excludes halogenated alkanes) is 1. The molecule has 4 nitrogen and oxygen atoms in total. The fourth-order valence-electron chi connectivity index (χ4n) is 0.778. The summed E-state index contributed by atoms with van der Waals surface area (Å²) >= 11 is 0. The quantitative estimate of drug-likeness (QED) is 0.711. The lowest BCUT2D eigenvalue weighted by molar-refractivity contribution is -0.117. The summed E-state index contributed by atoms with van der Waals surface area (Å²) in [6, 6.07) is 0. The molecule has 0 N–H and O–H groups in total.